The molecule has 1 aromatic rings. The van der Waals surface area contributed by atoms with E-state index >= 15 is 0 Å². The van der Waals surface area contributed by atoms with Gasteiger partial charge in [-0.2, -0.15) is 0 Å². The van der Waals surface area contributed by atoms with E-state index in [9.17, 15) is 24.6 Å². The van der Waals surface area contributed by atoms with Crippen molar-refractivity contribution in [2.45, 2.75) is 100 Å². The molecule has 3 fully saturated rings. The molecule has 0 radical (unpaired) electrons. The first-order chi connectivity index (χ1) is 18.7. The number of carbonyl (C=O) groups excluding carboxylic acids is 3. The average molecular weight is 545 g/mol. The number of hydrazine groups is 1. The van der Waals surface area contributed by atoms with Crippen LogP contribution in [-0.4, -0.2) is 87.0 Å². The zero-order valence-corrected chi connectivity index (χ0v) is 22.7. The molecule has 3 atom stereocenters. The predicted octanol–water partition coefficient (Wildman–Crippen LogP) is -0.108. The number of aliphatic hydroxyl groups is 2. The molecule has 0 spiro atoms. The van der Waals surface area contributed by atoms with Gasteiger partial charge in [-0.25, -0.2) is 5.01 Å². The van der Waals surface area contributed by atoms with Crippen LogP contribution < -0.4 is 22.1 Å². The zero-order valence-electron chi connectivity index (χ0n) is 22.7. The lowest BCUT2D eigenvalue weighted by molar-refractivity contribution is -0.199. The number of rotatable bonds is 11. The third-order valence-electron chi connectivity index (χ3n) is 8.40. The van der Waals surface area contributed by atoms with E-state index in [0.29, 0.717) is 51.7 Å². The molecule has 39 heavy (non-hydrogen) atoms. The van der Waals surface area contributed by atoms with Gasteiger partial charge in [0, 0.05) is 19.1 Å². The minimum atomic E-state index is -2.81. The number of amides is 3. The van der Waals surface area contributed by atoms with E-state index in [2.05, 4.69) is 10.6 Å². The van der Waals surface area contributed by atoms with Gasteiger partial charge < -0.3 is 32.3 Å². The Hall–Kier alpha value is -2.57. The summed E-state index contributed by atoms with van der Waals surface area (Å²) in [5, 5.41) is 30.7. The lowest BCUT2D eigenvalue weighted by Gasteiger charge is -2.44. The molecule has 8 N–H and O–H groups in total. The SMILES string of the molecule is NCCCC[C@H](NC(=O)[C@@H]1CCN2CC[C@@](N)(Cc3ccccc3)C(=O)N12)C(O)(O)C(=O)NC1CCCCC1. The van der Waals surface area contributed by atoms with E-state index < -0.39 is 35.2 Å². The zero-order chi connectivity index (χ0) is 28.0. The molecule has 11 heteroatoms. The van der Waals surface area contributed by atoms with Crippen molar-refractivity contribution in [2.75, 3.05) is 19.6 Å². The van der Waals surface area contributed by atoms with Crippen LogP contribution in [-0.2, 0) is 20.8 Å². The van der Waals surface area contributed by atoms with Crippen molar-refractivity contribution in [2.24, 2.45) is 11.5 Å². The highest BCUT2D eigenvalue weighted by atomic mass is 16.5. The fourth-order valence-corrected chi connectivity index (χ4v) is 6.05. The van der Waals surface area contributed by atoms with Crippen LogP contribution in [0, 0.1) is 0 Å². The fourth-order valence-electron chi connectivity index (χ4n) is 6.05. The van der Waals surface area contributed by atoms with Gasteiger partial charge in [0.05, 0.1) is 6.04 Å². The van der Waals surface area contributed by atoms with Gasteiger partial charge in [0.2, 0.25) is 5.91 Å². The molecule has 3 aliphatic rings. The van der Waals surface area contributed by atoms with Gasteiger partial charge in [-0.3, -0.25) is 19.4 Å². The molecule has 0 unspecified atom stereocenters. The van der Waals surface area contributed by atoms with Crippen LogP contribution in [0.2, 0.25) is 0 Å². The van der Waals surface area contributed by atoms with Gasteiger partial charge in [0.15, 0.2) is 0 Å². The molecule has 2 saturated heterocycles. The minimum Gasteiger partial charge on any atom is -0.357 e. The maximum absolute atomic E-state index is 13.7. The van der Waals surface area contributed by atoms with E-state index in [-0.39, 0.29) is 18.4 Å². The Bertz CT molecular complexity index is 1000. The summed E-state index contributed by atoms with van der Waals surface area (Å²) < 4.78 is 0. The van der Waals surface area contributed by atoms with Gasteiger partial charge in [0.25, 0.3) is 17.6 Å². The second-order valence-electron chi connectivity index (χ2n) is 11.4. The van der Waals surface area contributed by atoms with Crippen molar-refractivity contribution in [1.82, 2.24) is 20.7 Å². The maximum atomic E-state index is 13.7. The van der Waals surface area contributed by atoms with Crippen molar-refractivity contribution in [3.05, 3.63) is 35.9 Å². The molecule has 1 aliphatic carbocycles. The summed E-state index contributed by atoms with van der Waals surface area (Å²) in [6.07, 6.45) is 7.04. The second kappa shape index (κ2) is 12.7. The van der Waals surface area contributed by atoms with E-state index in [4.69, 9.17) is 11.5 Å². The number of nitrogens with one attached hydrogen (secondary N) is 2. The van der Waals surface area contributed by atoms with Gasteiger partial charge >= 0.3 is 0 Å². The normalized spacial score (nSPS) is 25.3. The molecule has 0 aromatic heterocycles. The van der Waals surface area contributed by atoms with Gasteiger partial charge in [-0.15, -0.1) is 0 Å². The Morgan fingerprint density at radius 3 is 2.49 bits per heavy atom. The number of hydrogen-bond acceptors (Lipinski definition) is 8. The van der Waals surface area contributed by atoms with Crippen LogP contribution in [0.4, 0.5) is 0 Å². The third kappa shape index (κ3) is 6.78. The Balaban J connectivity index is 1.47. The highest BCUT2D eigenvalue weighted by Gasteiger charge is 2.52. The highest BCUT2D eigenvalue weighted by Crippen LogP contribution is 2.31. The average Bonchev–Trinajstić information content (AvgIpc) is 3.36. The van der Waals surface area contributed by atoms with E-state index in [1.54, 1.807) is 0 Å². The number of benzene rings is 1. The van der Waals surface area contributed by atoms with E-state index in [0.717, 1.165) is 37.7 Å². The number of hydrogen-bond donors (Lipinski definition) is 6. The molecule has 0 bridgehead atoms. The first-order valence-corrected chi connectivity index (χ1v) is 14.3. The van der Waals surface area contributed by atoms with Gasteiger partial charge in [-0.05, 0) is 63.5 Å². The van der Waals surface area contributed by atoms with Crippen LogP contribution in [0.5, 0.6) is 0 Å². The third-order valence-corrected chi connectivity index (χ3v) is 8.40. The summed E-state index contributed by atoms with van der Waals surface area (Å²) in [5.74, 6) is -4.59. The van der Waals surface area contributed by atoms with Crippen molar-refractivity contribution >= 4 is 17.7 Å². The summed E-state index contributed by atoms with van der Waals surface area (Å²) >= 11 is 0. The standard InChI is InChI=1S/C28H44N6O5/c29-16-8-7-13-23(28(38,39)25(36)31-21-11-5-2-6-12-21)32-24(35)22-14-17-33-18-15-27(30,26(37)34(22)33)19-20-9-3-1-4-10-20/h1,3-4,9-10,21-23,38-39H,2,5-8,11-19,29-30H2,(H,31,36)(H,32,35)/t22-,23-,27+/m0/s1. The van der Waals surface area contributed by atoms with Crippen molar-refractivity contribution < 1.29 is 24.6 Å². The largest absolute Gasteiger partial charge is 0.357 e. The van der Waals surface area contributed by atoms with Crippen LogP contribution in [0.3, 0.4) is 0 Å². The first-order valence-electron chi connectivity index (χ1n) is 14.3. The summed E-state index contributed by atoms with van der Waals surface area (Å²) in [6, 6.07) is 7.31. The molecular formula is C28H44N6O5. The Kier molecular flexibility index (Phi) is 9.60. The minimum absolute atomic E-state index is 0.123. The highest BCUT2D eigenvalue weighted by molar-refractivity contribution is 5.93. The Labute approximate surface area is 230 Å². The van der Waals surface area contributed by atoms with Gasteiger partial charge in [-0.1, -0.05) is 49.6 Å². The summed E-state index contributed by atoms with van der Waals surface area (Å²) in [5.41, 5.74) is 12.0. The molecule has 11 nitrogen and oxygen atoms in total. The van der Waals surface area contributed by atoms with E-state index in [1.165, 1.54) is 5.01 Å². The Morgan fingerprint density at radius 1 is 1.08 bits per heavy atom. The van der Waals surface area contributed by atoms with Crippen molar-refractivity contribution in [3.63, 3.8) is 0 Å². The monoisotopic (exact) mass is 544 g/mol. The van der Waals surface area contributed by atoms with Crippen LogP contribution in [0.15, 0.2) is 30.3 Å². The molecular weight excluding hydrogens is 500 g/mol. The first kappa shape index (κ1) is 29.4. The Morgan fingerprint density at radius 2 is 1.79 bits per heavy atom. The maximum Gasteiger partial charge on any atom is 0.282 e. The molecule has 216 valence electrons. The van der Waals surface area contributed by atoms with Crippen LogP contribution >= 0.6 is 0 Å². The van der Waals surface area contributed by atoms with Gasteiger partial charge in [0.1, 0.15) is 11.6 Å². The number of unbranched alkanes of at least 4 members (excludes halogenated alkanes) is 1. The summed E-state index contributed by atoms with van der Waals surface area (Å²) in [4.78, 5) is 40.2. The molecule has 2 heterocycles. The van der Waals surface area contributed by atoms with Crippen molar-refractivity contribution in [3.8, 4) is 0 Å². The number of fused-ring (bicyclic) bond motifs is 1. The second-order valence-corrected chi connectivity index (χ2v) is 11.4. The molecule has 1 aromatic carbocycles. The number of carbonyl (C=O) groups is 3. The topological polar surface area (TPSA) is 174 Å². The quantitative estimate of drug-likeness (QED) is 0.165. The summed E-state index contributed by atoms with van der Waals surface area (Å²) in [7, 11) is 0. The molecule has 4 rings (SSSR count). The van der Waals surface area contributed by atoms with Crippen LogP contribution in [0.25, 0.3) is 0 Å². The predicted molar refractivity (Wildman–Crippen MR) is 146 cm³/mol. The number of nitrogens with two attached hydrogens (primary N) is 2. The van der Waals surface area contributed by atoms with Crippen molar-refractivity contribution in [1.29, 1.82) is 0 Å². The molecule has 2 aliphatic heterocycles. The number of nitrogens with zero attached hydrogens (tertiary/aromatic N) is 2. The van der Waals surface area contributed by atoms with Crippen LogP contribution in [0.1, 0.15) is 69.8 Å². The van der Waals surface area contributed by atoms with E-state index in [1.807, 2.05) is 35.3 Å². The fraction of sp³-hybridized carbons (Fsp3) is 0.679. The summed E-state index contributed by atoms with van der Waals surface area (Å²) in [6.45, 7) is 1.44. The lowest BCUT2D eigenvalue weighted by Crippen LogP contribution is -2.68. The molecule has 1 saturated carbocycles. The lowest BCUT2D eigenvalue weighted by atomic mass is 9.85. The molecule has 3 amide bonds. The smallest absolute Gasteiger partial charge is 0.282 e.